The summed E-state index contributed by atoms with van der Waals surface area (Å²) in [6.07, 6.45) is 2.26. The second-order valence-corrected chi connectivity index (χ2v) is 6.74. The van der Waals surface area contributed by atoms with Crippen molar-refractivity contribution in [2.75, 3.05) is 13.1 Å². The van der Waals surface area contributed by atoms with Gasteiger partial charge in [0.05, 0.1) is 5.69 Å². The second-order valence-electron chi connectivity index (χ2n) is 6.74. The quantitative estimate of drug-likeness (QED) is 0.731. The fourth-order valence-electron chi connectivity index (χ4n) is 3.62. The highest BCUT2D eigenvalue weighted by atomic mass is 15.2. The van der Waals surface area contributed by atoms with Crippen LogP contribution in [0.1, 0.15) is 18.5 Å². The standard InChI is InChI=1S/C21H20N4/c1-15-12-25(14-22)13-19(15)21-11-20(23-24-21)18-9-5-8-17(10-18)16-6-3-2-4-7-16/h2-11,15,19H,12-13H2,1H3,(H,23,24). The Morgan fingerprint density at radius 3 is 2.52 bits per heavy atom. The molecule has 124 valence electrons. The largest absolute Gasteiger partial charge is 0.310 e. The zero-order chi connectivity index (χ0) is 17.2. The van der Waals surface area contributed by atoms with Gasteiger partial charge in [-0.05, 0) is 29.2 Å². The molecule has 1 saturated heterocycles. The average molecular weight is 328 g/mol. The fraction of sp³-hybridized carbons (Fsp3) is 0.238. The van der Waals surface area contributed by atoms with Crippen LogP contribution < -0.4 is 0 Å². The summed E-state index contributed by atoms with van der Waals surface area (Å²) < 4.78 is 0. The van der Waals surface area contributed by atoms with Gasteiger partial charge in [-0.1, -0.05) is 55.5 Å². The molecule has 1 aliphatic rings. The lowest BCUT2D eigenvalue weighted by molar-refractivity contribution is 0.465. The molecule has 4 rings (SSSR count). The highest BCUT2D eigenvalue weighted by Crippen LogP contribution is 2.33. The van der Waals surface area contributed by atoms with Gasteiger partial charge in [0.1, 0.15) is 0 Å². The number of hydrogen-bond acceptors (Lipinski definition) is 3. The minimum Gasteiger partial charge on any atom is -0.310 e. The topological polar surface area (TPSA) is 55.7 Å². The predicted molar refractivity (Wildman–Crippen MR) is 98.6 cm³/mol. The van der Waals surface area contributed by atoms with E-state index in [2.05, 4.69) is 77.9 Å². The normalized spacial score (nSPS) is 19.8. The first-order valence-corrected chi connectivity index (χ1v) is 8.60. The molecule has 25 heavy (non-hydrogen) atoms. The van der Waals surface area contributed by atoms with E-state index in [-0.39, 0.29) is 0 Å². The third-order valence-electron chi connectivity index (χ3n) is 5.02. The lowest BCUT2D eigenvalue weighted by atomic mass is 9.94. The molecule has 4 heteroatoms. The Morgan fingerprint density at radius 2 is 1.76 bits per heavy atom. The SMILES string of the molecule is CC1CN(C#N)CC1c1cc(-c2cccc(-c3ccccc3)c2)n[nH]1. The minimum atomic E-state index is 0.332. The van der Waals surface area contributed by atoms with E-state index in [9.17, 15) is 0 Å². The number of hydrogen-bond donors (Lipinski definition) is 1. The molecule has 1 aromatic heterocycles. The Bertz CT molecular complexity index is 907. The monoisotopic (exact) mass is 328 g/mol. The number of aromatic nitrogens is 2. The Labute approximate surface area is 147 Å². The number of nitriles is 1. The van der Waals surface area contributed by atoms with Crippen LogP contribution in [0.4, 0.5) is 0 Å². The van der Waals surface area contributed by atoms with Gasteiger partial charge in [0, 0.05) is 30.3 Å². The molecule has 0 saturated carbocycles. The molecule has 2 atom stereocenters. The van der Waals surface area contributed by atoms with Crippen LogP contribution in [0.15, 0.2) is 60.7 Å². The van der Waals surface area contributed by atoms with Crippen LogP contribution in [0.3, 0.4) is 0 Å². The highest BCUT2D eigenvalue weighted by molar-refractivity contribution is 5.71. The lowest BCUT2D eigenvalue weighted by Crippen LogP contribution is -2.12. The zero-order valence-corrected chi connectivity index (χ0v) is 14.2. The third kappa shape index (κ3) is 3.01. The van der Waals surface area contributed by atoms with E-state index >= 15 is 0 Å². The van der Waals surface area contributed by atoms with E-state index < -0.39 is 0 Å². The van der Waals surface area contributed by atoms with Gasteiger partial charge in [-0.25, -0.2) is 0 Å². The first-order valence-electron chi connectivity index (χ1n) is 8.60. The highest BCUT2D eigenvalue weighted by Gasteiger charge is 2.31. The van der Waals surface area contributed by atoms with Gasteiger partial charge in [0.15, 0.2) is 6.19 Å². The molecule has 0 radical (unpaired) electrons. The van der Waals surface area contributed by atoms with Gasteiger partial charge >= 0.3 is 0 Å². The van der Waals surface area contributed by atoms with Crippen molar-refractivity contribution in [1.82, 2.24) is 15.1 Å². The molecule has 4 nitrogen and oxygen atoms in total. The van der Waals surface area contributed by atoms with Gasteiger partial charge in [-0.3, -0.25) is 5.10 Å². The molecule has 1 N–H and O–H groups in total. The summed E-state index contributed by atoms with van der Waals surface area (Å²) in [6.45, 7) is 3.78. The van der Waals surface area contributed by atoms with Crippen LogP contribution in [0.2, 0.25) is 0 Å². The van der Waals surface area contributed by atoms with Crippen LogP contribution in [0.25, 0.3) is 22.4 Å². The maximum absolute atomic E-state index is 9.12. The summed E-state index contributed by atoms with van der Waals surface area (Å²) in [7, 11) is 0. The number of benzene rings is 2. The number of nitrogens with one attached hydrogen (secondary N) is 1. The van der Waals surface area contributed by atoms with Crippen molar-refractivity contribution in [2.45, 2.75) is 12.8 Å². The van der Waals surface area contributed by atoms with Crippen molar-refractivity contribution in [3.05, 3.63) is 66.4 Å². The Hall–Kier alpha value is -3.06. The molecule has 2 heterocycles. The van der Waals surface area contributed by atoms with Crippen molar-refractivity contribution in [3.8, 4) is 28.6 Å². The molecular formula is C21H20N4. The molecule has 1 aliphatic heterocycles. The van der Waals surface area contributed by atoms with Gasteiger partial charge in [-0.2, -0.15) is 10.4 Å². The van der Waals surface area contributed by atoms with E-state index in [1.54, 1.807) is 0 Å². The molecule has 0 spiro atoms. The molecule has 2 unspecified atom stereocenters. The third-order valence-corrected chi connectivity index (χ3v) is 5.02. The number of likely N-dealkylation sites (tertiary alicyclic amines) is 1. The van der Waals surface area contributed by atoms with Crippen molar-refractivity contribution in [3.63, 3.8) is 0 Å². The minimum absolute atomic E-state index is 0.332. The van der Waals surface area contributed by atoms with E-state index in [0.29, 0.717) is 11.8 Å². The van der Waals surface area contributed by atoms with E-state index in [4.69, 9.17) is 5.26 Å². The average Bonchev–Trinajstić information content (AvgIpc) is 3.29. The van der Waals surface area contributed by atoms with Crippen molar-refractivity contribution < 1.29 is 0 Å². The van der Waals surface area contributed by atoms with Crippen LogP contribution in [0, 0.1) is 17.4 Å². The number of nitrogens with zero attached hydrogens (tertiary/aromatic N) is 3. The van der Waals surface area contributed by atoms with Crippen molar-refractivity contribution >= 4 is 0 Å². The van der Waals surface area contributed by atoms with Gasteiger partial charge in [0.25, 0.3) is 0 Å². The number of aromatic amines is 1. The molecule has 0 amide bonds. The van der Waals surface area contributed by atoms with E-state index in [0.717, 1.165) is 30.0 Å². The van der Waals surface area contributed by atoms with E-state index in [1.807, 2.05) is 11.0 Å². The summed E-state index contributed by atoms with van der Waals surface area (Å²) in [5.74, 6) is 0.779. The fourth-order valence-corrected chi connectivity index (χ4v) is 3.62. The molecule has 2 aromatic carbocycles. The Morgan fingerprint density at radius 1 is 1.00 bits per heavy atom. The lowest BCUT2D eigenvalue weighted by Gasteiger charge is -2.10. The smallest absolute Gasteiger partial charge is 0.179 e. The van der Waals surface area contributed by atoms with Gasteiger partial charge in [0.2, 0.25) is 0 Å². The van der Waals surface area contributed by atoms with Crippen molar-refractivity contribution in [1.29, 1.82) is 5.26 Å². The summed E-state index contributed by atoms with van der Waals surface area (Å²) in [5, 5.41) is 16.8. The summed E-state index contributed by atoms with van der Waals surface area (Å²) in [4.78, 5) is 1.83. The van der Waals surface area contributed by atoms with Gasteiger partial charge < -0.3 is 4.90 Å². The van der Waals surface area contributed by atoms with E-state index in [1.165, 1.54) is 11.1 Å². The van der Waals surface area contributed by atoms with Crippen LogP contribution in [0.5, 0.6) is 0 Å². The Balaban J connectivity index is 1.62. The Kier molecular flexibility index (Phi) is 3.99. The van der Waals surface area contributed by atoms with Crippen LogP contribution >= 0.6 is 0 Å². The molecule has 0 aliphatic carbocycles. The predicted octanol–water partition coefficient (Wildman–Crippen LogP) is 4.26. The van der Waals surface area contributed by atoms with Crippen LogP contribution in [-0.4, -0.2) is 28.2 Å². The van der Waals surface area contributed by atoms with Crippen LogP contribution in [-0.2, 0) is 0 Å². The summed E-state index contributed by atoms with van der Waals surface area (Å²) in [5.41, 5.74) is 5.56. The molecular weight excluding hydrogens is 308 g/mol. The first-order chi connectivity index (χ1) is 12.2. The molecule has 3 aromatic rings. The zero-order valence-electron chi connectivity index (χ0n) is 14.2. The maximum atomic E-state index is 9.12. The van der Waals surface area contributed by atoms with Gasteiger partial charge in [-0.15, -0.1) is 0 Å². The first kappa shape index (κ1) is 15.5. The molecule has 0 bridgehead atoms. The summed E-state index contributed by atoms with van der Waals surface area (Å²) in [6, 6.07) is 21.0. The van der Waals surface area contributed by atoms with Crippen molar-refractivity contribution in [2.24, 2.45) is 5.92 Å². The summed E-state index contributed by atoms with van der Waals surface area (Å²) >= 11 is 0. The second kappa shape index (κ2) is 6.45. The number of H-pyrrole nitrogens is 1. The number of rotatable bonds is 3. The molecule has 1 fully saturated rings. The maximum Gasteiger partial charge on any atom is 0.179 e.